The predicted octanol–water partition coefficient (Wildman–Crippen LogP) is 2.57. The van der Waals surface area contributed by atoms with Gasteiger partial charge in [0.25, 0.3) is 0 Å². The van der Waals surface area contributed by atoms with Gasteiger partial charge in [-0.25, -0.2) is 0 Å². The number of phenols is 1. The van der Waals surface area contributed by atoms with Gasteiger partial charge in [-0.15, -0.1) is 0 Å². The Labute approximate surface area is 109 Å². The molecule has 1 aromatic carbocycles. The SMILES string of the molecule is NCCC(=O)c1cc2c(c(Br)c1O)CCCC2. The van der Waals surface area contributed by atoms with Crippen molar-refractivity contribution in [1.29, 1.82) is 0 Å². The van der Waals surface area contributed by atoms with Crippen LogP contribution in [-0.2, 0) is 12.8 Å². The molecule has 4 heteroatoms. The largest absolute Gasteiger partial charge is 0.506 e. The van der Waals surface area contributed by atoms with Crippen molar-refractivity contribution < 1.29 is 9.90 Å². The average Bonchev–Trinajstić information content (AvgIpc) is 2.34. The second kappa shape index (κ2) is 5.19. The molecule has 0 spiro atoms. The monoisotopic (exact) mass is 297 g/mol. The predicted molar refractivity (Wildman–Crippen MR) is 70.5 cm³/mol. The number of aromatic hydroxyl groups is 1. The van der Waals surface area contributed by atoms with Crippen molar-refractivity contribution in [1.82, 2.24) is 0 Å². The number of Topliss-reactive ketones (excluding diaryl/α,β-unsaturated/α-hetero) is 1. The molecular formula is C13H16BrNO2. The summed E-state index contributed by atoms with van der Waals surface area (Å²) in [6.45, 7) is 0.312. The van der Waals surface area contributed by atoms with Crippen LogP contribution >= 0.6 is 15.9 Å². The molecule has 0 radical (unpaired) electrons. The molecule has 1 aliphatic carbocycles. The average molecular weight is 298 g/mol. The van der Waals surface area contributed by atoms with E-state index in [4.69, 9.17) is 5.73 Å². The van der Waals surface area contributed by atoms with Gasteiger partial charge in [-0.2, -0.15) is 0 Å². The molecule has 0 amide bonds. The summed E-state index contributed by atoms with van der Waals surface area (Å²) in [7, 11) is 0. The van der Waals surface area contributed by atoms with Gasteiger partial charge >= 0.3 is 0 Å². The summed E-state index contributed by atoms with van der Waals surface area (Å²) in [6.07, 6.45) is 4.51. The molecule has 0 saturated carbocycles. The number of carbonyl (C=O) groups excluding carboxylic acids is 1. The maximum absolute atomic E-state index is 11.8. The molecule has 3 N–H and O–H groups in total. The van der Waals surface area contributed by atoms with Crippen molar-refractivity contribution in [3.63, 3.8) is 0 Å². The third-order valence-corrected chi connectivity index (χ3v) is 4.08. The zero-order chi connectivity index (χ0) is 12.4. The summed E-state index contributed by atoms with van der Waals surface area (Å²) in [6, 6.07) is 1.84. The van der Waals surface area contributed by atoms with Gasteiger partial charge in [0.05, 0.1) is 10.0 Å². The minimum Gasteiger partial charge on any atom is -0.506 e. The van der Waals surface area contributed by atoms with Gasteiger partial charge in [-0.05, 0) is 65.4 Å². The number of fused-ring (bicyclic) bond motifs is 1. The molecule has 1 aromatic rings. The van der Waals surface area contributed by atoms with Crippen LogP contribution < -0.4 is 5.73 Å². The van der Waals surface area contributed by atoms with E-state index in [0.717, 1.165) is 31.2 Å². The van der Waals surface area contributed by atoms with Gasteiger partial charge in [0.15, 0.2) is 5.78 Å². The van der Waals surface area contributed by atoms with Crippen LogP contribution in [0, 0.1) is 0 Å². The summed E-state index contributed by atoms with van der Waals surface area (Å²) in [5, 5.41) is 10.0. The van der Waals surface area contributed by atoms with E-state index in [0.29, 0.717) is 16.6 Å². The number of aryl methyl sites for hydroxylation is 1. The van der Waals surface area contributed by atoms with Crippen LogP contribution in [0.3, 0.4) is 0 Å². The lowest BCUT2D eigenvalue weighted by Gasteiger charge is -2.19. The molecule has 0 heterocycles. The number of hydrogen-bond acceptors (Lipinski definition) is 3. The van der Waals surface area contributed by atoms with Crippen molar-refractivity contribution in [2.24, 2.45) is 5.73 Å². The van der Waals surface area contributed by atoms with Crippen LogP contribution in [0.2, 0.25) is 0 Å². The fourth-order valence-corrected chi connectivity index (χ4v) is 2.99. The minimum absolute atomic E-state index is 0.0732. The van der Waals surface area contributed by atoms with E-state index in [1.165, 1.54) is 5.56 Å². The van der Waals surface area contributed by atoms with Crippen LogP contribution in [0.15, 0.2) is 10.5 Å². The van der Waals surface area contributed by atoms with Gasteiger partial charge in [0.1, 0.15) is 5.75 Å². The molecule has 2 rings (SSSR count). The Hall–Kier alpha value is -0.870. The lowest BCUT2D eigenvalue weighted by atomic mass is 9.89. The molecule has 92 valence electrons. The Bertz CT molecular complexity index is 457. The fourth-order valence-electron chi connectivity index (χ4n) is 2.32. The summed E-state index contributed by atoms with van der Waals surface area (Å²) in [4.78, 5) is 11.8. The van der Waals surface area contributed by atoms with Crippen LogP contribution in [0.4, 0.5) is 0 Å². The van der Waals surface area contributed by atoms with E-state index in [1.54, 1.807) is 0 Å². The number of rotatable bonds is 3. The van der Waals surface area contributed by atoms with Crippen LogP contribution in [0.25, 0.3) is 0 Å². The van der Waals surface area contributed by atoms with Gasteiger partial charge in [-0.1, -0.05) is 0 Å². The van der Waals surface area contributed by atoms with Gasteiger partial charge < -0.3 is 10.8 Å². The second-order valence-corrected chi connectivity index (χ2v) is 5.19. The highest BCUT2D eigenvalue weighted by molar-refractivity contribution is 9.10. The molecule has 0 bridgehead atoms. The normalized spacial score (nSPS) is 14.5. The summed E-state index contributed by atoms with van der Waals surface area (Å²) >= 11 is 3.40. The number of phenolic OH excluding ortho intramolecular Hbond substituents is 1. The summed E-state index contributed by atoms with van der Waals surface area (Å²) in [5.41, 5.74) is 8.12. The number of carbonyl (C=O) groups is 1. The lowest BCUT2D eigenvalue weighted by Crippen LogP contribution is -2.11. The Morgan fingerprint density at radius 2 is 2.12 bits per heavy atom. The van der Waals surface area contributed by atoms with E-state index in [1.807, 2.05) is 6.07 Å². The standard InChI is InChI=1S/C13H16BrNO2/c14-12-9-4-2-1-3-8(9)7-10(13(12)17)11(16)5-6-15/h7,17H,1-6,15H2. The Kier molecular flexibility index (Phi) is 3.84. The first-order valence-electron chi connectivity index (χ1n) is 5.91. The highest BCUT2D eigenvalue weighted by Crippen LogP contribution is 2.38. The quantitative estimate of drug-likeness (QED) is 0.843. The first-order chi connectivity index (χ1) is 8.15. The Balaban J connectivity index is 2.47. The summed E-state index contributed by atoms with van der Waals surface area (Å²) in [5.74, 6) is -0.0110. The lowest BCUT2D eigenvalue weighted by molar-refractivity contribution is 0.0982. The summed E-state index contributed by atoms with van der Waals surface area (Å²) < 4.78 is 0.690. The molecular weight excluding hydrogens is 282 g/mol. The molecule has 3 nitrogen and oxygen atoms in total. The third-order valence-electron chi connectivity index (χ3n) is 3.23. The molecule has 0 atom stereocenters. The maximum atomic E-state index is 11.8. The zero-order valence-corrected chi connectivity index (χ0v) is 11.2. The smallest absolute Gasteiger partial charge is 0.167 e. The van der Waals surface area contributed by atoms with E-state index >= 15 is 0 Å². The number of halogens is 1. The Morgan fingerprint density at radius 3 is 2.82 bits per heavy atom. The minimum atomic E-state index is -0.0842. The Morgan fingerprint density at radius 1 is 1.41 bits per heavy atom. The van der Waals surface area contributed by atoms with Crippen molar-refractivity contribution in [2.45, 2.75) is 32.1 Å². The van der Waals surface area contributed by atoms with E-state index in [2.05, 4.69) is 15.9 Å². The van der Waals surface area contributed by atoms with E-state index in [-0.39, 0.29) is 18.0 Å². The highest BCUT2D eigenvalue weighted by Gasteiger charge is 2.21. The number of benzene rings is 1. The first-order valence-corrected chi connectivity index (χ1v) is 6.71. The van der Waals surface area contributed by atoms with Crippen molar-refractivity contribution in [3.05, 3.63) is 27.2 Å². The molecule has 0 aliphatic heterocycles. The van der Waals surface area contributed by atoms with Crippen LogP contribution in [0.5, 0.6) is 5.75 Å². The third kappa shape index (κ3) is 2.38. The van der Waals surface area contributed by atoms with E-state index in [9.17, 15) is 9.90 Å². The molecule has 0 fully saturated rings. The number of nitrogens with two attached hydrogens (primary N) is 1. The maximum Gasteiger partial charge on any atom is 0.167 e. The van der Waals surface area contributed by atoms with Gasteiger partial charge in [0.2, 0.25) is 0 Å². The zero-order valence-electron chi connectivity index (χ0n) is 9.63. The van der Waals surface area contributed by atoms with E-state index < -0.39 is 0 Å². The van der Waals surface area contributed by atoms with Gasteiger partial charge in [-0.3, -0.25) is 4.79 Å². The van der Waals surface area contributed by atoms with Crippen LogP contribution in [0.1, 0.15) is 40.7 Å². The van der Waals surface area contributed by atoms with Crippen molar-refractivity contribution in [2.75, 3.05) is 6.54 Å². The van der Waals surface area contributed by atoms with Crippen molar-refractivity contribution >= 4 is 21.7 Å². The van der Waals surface area contributed by atoms with Crippen LogP contribution in [-0.4, -0.2) is 17.4 Å². The highest BCUT2D eigenvalue weighted by atomic mass is 79.9. The molecule has 0 saturated heterocycles. The van der Waals surface area contributed by atoms with Crippen molar-refractivity contribution in [3.8, 4) is 5.75 Å². The number of ketones is 1. The molecule has 17 heavy (non-hydrogen) atoms. The second-order valence-electron chi connectivity index (χ2n) is 4.39. The molecule has 0 unspecified atom stereocenters. The molecule has 1 aliphatic rings. The van der Waals surface area contributed by atoms with Gasteiger partial charge in [0, 0.05) is 6.42 Å². The number of hydrogen-bond donors (Lipinski definition) is 2. The fraction of sp³-hybridized carbons (Fsp3) is 0.462. The first kappa shape index (κ1) is 12.6. The topological polar surface area (TPSA) is 63.3 Å². The molecule has 0 aromatic heterocycles.